The summed E-state index contributed by atoms with van der Waals surface area (Å²) in [6.07, 6.45) is 5.17. The summed E-state index contributed by atoms with van der Waals surface area (Å²) in [4.78, 5) is 11.3. The second-order valence-electron chi connectivity index (χ2n) is 7.69. The summed E-state index contributed by atoms with van der Waals surface area (Å²) >= 11 is 0. The van der Waals surface area contributed by atoms with Crippen LogP contribution >= 0.6 is 24.0 Å². The fraction of sp³-hybridized carbons (Fsp3) is 0.632. The van der Waals surface area contributed by atoms with Crippen LogP contribution in [0.4, 0.5) is 0 Å². The number of rotatable bonds is 8. The van der Waals surface area contributed by atoms with E-state index in [9.17, 15) is 8.42 Å². The van der Waals surface area contributed by atoms with Gasteiger partial charge in [-0.05, 0) is 12.8 Å². The topological polar surface area (TPSA) is 109 Å². The molecule has 3 rings (SSSR count). The third-order valence-electron chi connectivity index (χ3n) is 4.82. The molecule has 1 saturated heterocycles. The molecule has 0 spiro atoms. The van der Waals surface area contributed by atoms with E-state index in [4.69, 9.17) is 9.52 Å². The molecule has 31 heavy (non-hydrogen) atoms. The fourth-order valence-corrected chi connectivity index (χ4v) is 4.82. The Hall–Kier alpha value is -1.67. The predicted octanol–water partition coefficient (Wildman–Crippen LogP) is 1.76. The predicted molar refractivity (Wildman–Crippen MR) is 130 cm³/mol. The maximum absolute atomic E-state index is 12.6. The Morgan fingerprint density at radius 3 is 2.65 bits per heavy atom. The molecule has 1 aliphatic heterocycles. The molecular weight excluding hydrogens is 533 g/mol. The van der Waals surface area contributed by atoms with Gasteiger partial charge in [0.05, 0.1) is 5.69 Å². The summed E-state index contributed by atoms with van der Waals surface area (Å²) in [5.41, 5.74) is 0.421. The van der Waals surface area contributed by atoms with E-state index in [0.717, 1.165) is 24.9 Å². The molecule has 12 heteroatoms. The number of guanidine groups is 1. The summed E-state index contributed by atoms with van der Waals surface area (Å²) in [7, 11) is -3.42. The van der Waals surface area contributed by atoms with Gasteiger partial charge in [-0.3, -0.25) is 0 Å². The average Bonchev–Trinajstić information content (AvgIpc) is 3.36. The van der Waals surface area contributed by atoms with Gasteiger partial charge in [0.2, 0.25) is 10.0 Å². The van der Waals surface area contributed by atoms with Crippen molar-refractivity contribution < 1.29 is 12.9 Å². The number of sulfonamides is 1. The summed E-state index contributed by atoms with van der Waals surface area (Å²) in [5.74, 6) is 2.09. The third-order valence-corrected chi connectivity index (χ3v) is 6.63. The zero-order valence-electron chi connectivity index (χ0n) is 18.3. The Morgan fingerprint density at radius 1 is 1.29 bits per heavy atom. The number of halogens is 1. The zero-order chi connectivity index (χ0) is 21.6. The zero-order valence-corrected chi connectivity index (χ0v) is 21.4. The normalized spacial score (nSPS) is 15.9. The third kappa shape index (κ3) is 7.17. The quantitative estimate of drug-likeness (QED) is 0.295. The molecule has 1 N–H and O–H groups in total. The minimum Gasteiger partial charge on any atom is -0.364 e. The van der Waals surface area contributed by atoms with Crippen LogP contribution in [0.2, 0.25) is 0 Å². The molecule has 0 amide bonds. The molecule has 0 bridgehead atoms. The van der Waals surface area contributed by atoms with E-state index in [2.05, 4.69) is 38.8 Å². The van der Waals surface area contributed by atoms with E-state index in [1.165, 1.54) is 10.6 Å². The molecule has 0 aliphatic carbocycles. The lowest BCUT2D eigenvalue weighted by Crippen LogP contribution is -2.53. The van der Waals surface area contributed by atoms with Crippen molar-refractivity contribution in [3.63, 3.8) is 0 Å². The average molecular weight is 565 g/mol. The number of nitrogens with zero attached hydrogens (tertiary/aromatic N) is 6. The van der Waals surface area contributed by atoms with Crippen LogP contribution in [0, 0.1) is 5.92 Å². The second-order valence-corrected chi connectivity index (χ2v) is 9.66. The lowest BCUT2D eigenvalue weighted by atomic mass is 10.2. The van der Waals surface area contributed by atoms with Crippen LogP contribution in [-0.4, -0.2) is 71.0 Å². The number of aromatic nitrogens is 3. The first-order valence-electron chi connectivity index (χ1n) is 10.3. The lowest BCUT2D eigenvalue weighted by Gasteiger charge is -2.35. The number of nitrogens with one attached hydrogen (secondary N) is 1. The SMILES string of the molecule is CCNC(=NCc1nccn1CC(C)C)N1CCN(S(=O)(=O)Cc2ccon2)CC1.I. The van der Waals surface area contributed by atoms with E-state index in [1.54, 1.807) is 12.3 Å². The van der Waals surface area contributed by atoms with Crippen molar-refractivity contribution in [3.8, 4) is 0 Å². The number of imidazole rings is 1. The van der Waals surface area contributed by atoms with Crippen molar-refractivity contribution in [2.45, 2.75) is 39.6 Å². The van der Waals surface area contributed by atoms with Crippen LogP contribution < -0.4 is 5.32 Å². The number of hydrogen-bond donors (Lipinski definition) is 1. The molecule has 174 valence electrons. The molecular formula is C19H32IN7O3S. The molecule has 1 fully saturated rings. The number of aliphatic imine (C=N–C) groups is 1. The Bertz CT molecular complexity index is 920. The molecule has 2 aromatic heterocycles. The highest BCUT2D eigenvalue weighted by Gasteiger charge is 2.29. The van der Waals surface area contributed by atoms with Gasteiger partial charge in [0.1, 0.15) is 24.4 Å². The molecule has 0 unspecified atom stereocenters. The molecule has 3 heterocycles. The van der Waals surface area contributed by atoms with Crippen molar-refractivity contribution >= 4 is 40.0 Å². The summed E-state index contributed by atoms with van der Waals surface area (Å²) in [5, 5.41) is 7.02. The second kappa shape index (κ2) is 11.8. The lowest BCUT2D eigenvalue weighted by molar-refractivity contribution is 0.259. The number of piperazine rings is 1. The van der Waals surface area contributed by atoms with Crippen LogP contribution in [-0.2, 0) is 28.9 Å². The van der Waals surface area contributed by atoms with Crippen LogP contribution in [0.3, 0.4) is 0 Å². The van der Waals surface area contributed by atoms with E-state index in [-0.39, 0.29) is 29.7 Å². The van der Waals surface area contributed by atoms with E-state index >= 15 is 0 Å². The molecule has 0 atom stereocenters. The maximum Gasteiger partial charge on any atom is 0.220 e. The van der Waals surface area contributed by atoms with Crippen LogP contribution in [0.1, 0.15) is 32.3 Å². The maximum atomic E-state index is 12.6. The van der Waals surface area contributed by atoms with Gasteiger partial charge in [-0.2, -0.15) is 4.31 Å². The first-order chi connectivity index (χ1) is 14.4. The summed E-state index contributed by atoms with van der Waals surface area (Å²) in [6.45, 7) is 10.5. The van der Waals surface area contributed by atoms with Crippen LogP contribution in [0.15, 0.2) is 34.2 Å². The molecule has 2 aromatic rings. The number of hydrogen-bond acceptors (Lipinski definition) is 6. The van der Waals surface area contributed by atoms with Gasteiger partial charge in [0.15, 0.2) is 5.96 Å². The van der Waals surface area contributed by atoms with Gasteiger partial charge < -0.3 is 19.3 Å². The fourth-order valence-electron chi connectivity index (χ4n) is 3.39. The minimum absolute atomic E-state index is 0. The molecule has 10 nitrogen and oxygen atoms in total. The first-order valence-corrected chi connectivity index (χ1v) is 11.9. The van der Waals surface area contributed by atoms with Gasteiger partial charge in [0, 0.05) is 57.7 Å². The van der Waals surface area contributed by atoms with Crippen molar-refractivity contribution in [1.82, 2.24) is 29.2 Å². The van der Waals surface area contributed by atoms with Gasteiger partial charge in [0.25, 0.3) is 0 Å². The van der Waals surface area contributed by atoms with Crippen molar-refractivity contribution in [2.75, 3.05) is 32.7 Å². The highest BCUT2D eigenvalue weighted by molar-refractivity contribution is 14.0. The monoisotopic (exact) mass is 565 g/mol. The van der Waals surface area contributed by atoms with Crippen molar-refractivity contribution in [2.24, 2.45) is 10.9 Å². The smallest absolute Gasteiger partial charge is 0.220 e. The van der Waals surface area contributed by atoms with Gasteiger partial charge in [-0.1, -0.05) is 19.0 Å². The highest BCUT2D eigenvalue weighted by atomic mass is 127. The standard InChI is InChI=1S/C19H31N7O3S.HI/c1-4-20-19(22-13-18-21-6-7-25(18)14-16(2)3)24-8-10-26(11-9-24)30(27,28)15-17-5-12-29-23-17;/h5-7,12,16H,4,8-11,13-15H2,1-3H3,(H,20,22);1H. The van der Waals surface area contributed by atoms with Crippen molar-refractivity contribution in [1.29, 1.82) is 0 Å². The summed E-state index contributed by atoms with van der Waals surface area (Å²) < 4.78 is 33.6. The highest BCUT2D eigenvalue weighted by Crippen LogP contribution is 2.13. The van der Waals surface area contributed by atoms with Crippen molar-refractivity contribution in [3.05, 3.63) is 36.2 Å². The Labute approximate surface area is 201 Å². The van der Waals surface area contributed by atoms with Crippen LogP contribution in [0.25, 0.3) is 0 Å². The Kier molecular flexibility index (Phi) is 9.75. The van der Waals surface area contributed by atoms with E-state index in [0.29, 0.717) is 44.3 Å². The molecule has 0 aromatic carbocycles. The minimum atomic E-state index is -3.42. The largest absolute Gasteiger partial charge is 0.364 e. The first kappa shape index (κ1) is 25.6. The molecule has 0 saturated carbocycles. The Morgan fingerprint density at radius 2 is 2.03 bits per heavy atom. The van der Waals surface area contributed by atoms with Crippen LogP contribution in [0.5, 0.6) is 0 Å². The van der Waals surface area contributed by atoms with E-state index < -0.39 is 10.0 Å². The molecule has 0 radical (unpaired) electrons. The van der Waals surface area contributed by atoms with Gasteiger partial charge in [-0.15, -0.1) is 24.0 Å². The van der Waals surface area contributed by atoms with Gasteiger partial charge >= 0.3 is 0 Å². The van der Waals surface area contributed by atoms with E-state index in [1.807, 2.05) is 13.1 Å². The Balaban J connectivity index is 0.00000341. The summed E-state index contributed by atoms with van der Waals surface area (Å²) in [6, 6.07) is 1.58. The van der Waals surface area contributed by atoms with Gasteiger partial charge in [-0.25, -0.2) is 18.4 Å². The molecule has 1 aliphatic rings.